The van der Waals surface area contributed by atoms with Crippen molar-refractivity contribution in [3.63, 3.8) is 0 Å². The number of carbonyl (C=O) groups is 5. The van der Waals surface area contributed by atoms with Crippen molar-refractivity contribution in [1.29, 1.82) is 0 Å². The Labute approximate surface area is 369 Å². The molecule has 16 heteroatoms. The minimum absolute atomic E-state index is 0.0972. The van der Waals surface area contributed by atoms with Crippen LogP contribution in [0.1, 0.15) is 179 Å². The molecule has 16 nitrogen and oxygen atoms in total. The average Bonchev–Trinajstić information content (AvgIpc) is 3.09. The number of unbranched alkanes of at least 4 members (excludes halogenated alkanes) is 2. The Balaban J connectivity index is 5.21. The Morgan fingerprint density at radius 3 is 1.11 bits per heavy atom. The highest BCUT2D eigenvalue weighted by atomic mass is 16.5. The summed E-state index contributed by atoms with van der Waals surface area (Å²) in [4.78, 5) is 64.4. The molecule has 61 heavy (non-hydrogen) atoms. The van der Waals surface area contributed by atoms with Gasteiger partial charge in [-0.3, -0.25) is 24.0 Å². The first-order valence-corrected chi connectivity index (χ1v) is 22.5. The minimum atomic E-state index is -0.965. The molecule has 0 aromatic rings. The lowest BCUT2D eigenvalue weighted by molar-refractivity contribution is -0.132. The second kappa shape index (κ2) is 27.3. The Morgan fingerprint density at radius 1 is 0.459 bits per heavy atom. The summed E-state index contributed by atoms with van der Waals surface area (Å²) in [6, 6.07) is -1.90. The lowest BCUT2D eigenvalue weighted by Gasteiger charge is -2.28. The molecule has 0 aliphatic carbocycles. The highest BCUT2D eigenvalue weighted by Gasteiger charge is 2.28. The molecule has 2 atom stereocenters. The van der Waals surface area contributed by atoms with E-state index in [0.29, 0.717) is 110 Å². The molecular weight excluding hydrogens is 781 g/mol. The van der Waals surface area contributed by atoms with Crippen LogP contribution in [0, 0.1) is 0 Å². The zero-order valence-corrected chi connectivity index (χ0v) is 40.4. The molecule has 0 rings (SSSR count). The van der Waals surface area contributed by atoms with Gasteiger partial charge in [0.05, 0.1) is 16.8 Å². The number of ether oxygens (including phenoxy) is 3. The van der Waals surface area contributed by atoms with Crippen LogP contribution in [0.5, 0.6) is 0 Å². The highest BCUT2D eigenvalue weighted by molar-refractivity contribution is 5.91. The van der Waals surface area contributed by atoms with Crippen molar-refractivity contribution < 1.29 is 38.2 Å². The predicted octanol–water partition coefficient (Wildman–Crippen LogP) is 4.12. The third kappa shape index (κ3) is 34.3. The first-order chi connectivity index (χ1) is 27.8. The quantitative estimate of drug-likeness (QED) is 0.0420. The lowest BCUT2D eigenvalue weighted by atomic mass is 10.00. The van der Waals surface area contributed by atoms with Crippen LogP contribution in [0.3, 0.4) is 0 Å². The van der Waals surface area contributed by atoms with E-state index in [-0.39, 0.29) is 53.6 Å². The molecule has 0 aliphatic rings. The maximum absolute atomic E-state index is 13.6. The highest BCUT2D eigenvalue weighted by Crippen LogP contribution is 2.21. The van der Waals surface area contributed by atoms with Gasteiger partial charge < -0.3 is 58.4 Å². The van der Waals surface area contributed by atoms with Crippen LogP contribution >= 0.6 is 0 Å². The summed E-state index contributed by atoms with van der Waals surface area (Å²) in [6.07, 6.45) is 7.01. The summed E-state index contributed by atoms with van der Waals surface area (Å²) in [5.41, 5.74) is 21.3. The van der Waals surface area contributed by atoms with Crippen molar-refractivity contribution in [3.05, 3.63) is 0 Å². The van der Waals surface area contributed by atoms with Crippen molar-refractivity contribution in [1.82, 2.24) is 21.3 Å². The van der Waals surface area contributed by atoms with Gasteiger partial charge in [-0.2, -0.15) is 0 Å². The summed E-state index contributed by atoms with van der Waals surface area (Å²) >= 11 is 0. The first kappa shape index (κ1) is 58.1. The Bertz CT molecular complexity index is 1320. The van der Waals surface area contributed by atoms with Crippen molar-refractivity contribution >= 4 is 29.5 Å². The van der Waals surface area contributed by atoms with Gasteiger partial charge in [0, 0.05) is 68.8 Å². The van der Waals surface area contributed by atoms with Gasteiger partial charge in [-0.1, -0.05) is 0 Å². The molecule has 0 radical (unpaired) electrons. The summed E-state index contributed by atoms with van der Waals surface area (Å²) in [6.45, 7) is 25.5. The predicted molar refractivity (Wildman–Crippen MR) is 243 cm³/mol. The van der Waals surface area contributed by atoms with E-state index < -0.39 is 40.7 Å². The number of amides is 5. The Hall–Kier alpha value is -2.89. The number of primary amides is 1. The number of nitrogens with two attached hydrogens (primary N) is 4. The van der Waals surface area contributed by atoms with Gasteiger partial charge in [-0.25, -0.2) is 0 Å². The largest absolute Gasteiger partial charge is 0.375 e. The normalized spacial score (nSPS) is 14.0. The average molecular weight is 871 g/mol. The second-order valence-electron chi connectivity index (χ2n) is 20.8. The van der Waals surface area contributed by atoms with Crippen LogP contribution in [0.25, 0.3) is 0 Å². The summed E-state index contributed by atoms with van der Waals surface area (Å²) < 4.78 is 17.9. The number of hydrogen-bond donors (Lipinski definition) is 8. The van der Waals surface area contributed by atoms with Crippen LogP contribution in [0.15, 0.2) is 0 Å². The van der Waals surface area contributed by atoms with Gasteiger partial charge in [0.25, 0.3) is 0 Å². The topological polar surface area (TPSA) is 265 Å². The standard InChI is InChI=1S/C45H90N8O8/c1-40(2,47)25-30-59-43(7,8)22-19-35(54)50-28-15-13-17-33(38(46)57)53-39(58)34(52-37(56)21-24-45(11,12)61-32-27-42(5,6)49)18-14-16-29-51-36(55)20-23-44(9,10)60-31-26-41(3,4)48/h33-34H,13-32,47-49H2,1-12H3,(H2,46,57)(H,50,54)(H,51,55)(H,52,56)(H,53,58). The summed E-state index contributed by atoms with van der Waals surface area (Å²) in [5, 5.41) is 11.4. The van der Waals surface area contributed by atoms with Crippen molar-refractivity contribution in [2.24, 2.45) is 22.9 Å². The molecule has 0 heterocycles. The van der Waals surface area contributed by atoms with Gasteiger partial charge >= 0.3 is 0 Å². The zero-order chi connectivity index (χ0) is 47.1. The maximum Gasteiger partial charge on any atom is 0.243 e. The lowest BCUT2D eigenvalue weighted by Crippen LogP contribution is -2.53. The van der Waals surface area contributed by atoms with Gasteiger partial charge in [0.1, 0.15) is 12.1 Å². The molecule has 358 valence electrons. The number of nitrogens with one attached hydrogen (secondary N) is 4. The van der Waals surface area contributed by atoms with Crippen LogP contribution in [0.4, 0.5) is 0 Å². The molecule has 0 saturated heterocycles. The molecule has 12 N–H and O–H groups in total. The van der Waals surface area contributed by atoms with Gasteiger partial charge in [0.15, 0.2) is 0 Å². The molecule has 0 spiro atoms. The van der Waals surface area contributed by atoms with Crippen LogP contribution in [0.2, 0.25) is 0 Å². The fourth-order valence-corrected chi connectivity index (χ4v) is 5.90. The third-order valence-electron chi connectivity index (χ3n) is 10.4. The van der Waals surface area contributed by atoms with E-state index in [1.165, 1.54) is 0 Å². The monoisotopic (exact) mass is 871 g/mol. The zero-order valence-electron chi connectivity index (χ0n) is 40.4. The van der Waals surface area contributed by atoms with Crippen molar-refractivity contribution in [3.8, 4) is 0 Å². The fourth-order valence-electron chi connectivity index (χ4n) is 5.90. The Kier molecular flexibility index (Phi) is 26.0. The smallest absolute Gasteiger partial charge is 0.243 e. The van der Waals surface area contributed by atoms with E-state index in [1.807, 2.05) is 83.1 Å². The SMILES string of the molecule is CC(C)(N)CCOC(C)(C)CCC(=O)NCCCCC(NC(=O)C(CCCCNC(=O)CCC(C)(C)OCCC(C)(C)N)NC(=O)CCC(C)(C)OCCC(C)(C)N)C(N)=O. The minimum Gasteiger partial charge on any atom is -0.375 e. The maximum atomic E-state index is 13.6. The van der Waals surface area contributed by atoms with Crippen molar-refractivity contribution in [2.75, 3.05) is 32.9 Å². The first-order valence-electron chi connectivity index (χ1n) is 22.5. The van der Waals surface area contributed by atoms with Crippen LogP contribution in [-0.2, 0) is 38.2 Å². The Morgan fingerprint density at radius 2 is 0.787 bits per heavy atom. The number of carbonyl (C=O) groups excluding carboxylic acids is 5. The summed E-state index contributed by atoms with van der Waals surface area (Å²) in [7, 11) is 0. The van der Waals surface area contributed by atoms with E-state index in [4.69, 9.17) is 37.1 Å². The van der Waals surface area contributed by atoms with Crippen LogP contribution < -0.4 is 44.2 Å². The molecule has 5 amide bonds. The van der Waals surface area contributed by atoms with E-state index in [1.54, 1.807) is 0 Å². The molecular formula is C45H90N8O8. The fraction of sp³-hybridized carbons (Fsp3) is 0.889. The van der Waals surface area contributed by atoms with E-state index in [9.17, 15) is 24.0 Å². The van der Waals surface area contributed by atoms with E-state index >= 15 is 0 Å². The molecule has 0 fully saturated rings. The molecule has 0 saturated carbocycles. The molecule has 0 aromatic heterocycles. The van der Waals surface area contributed by atoms with Crippen LogP contribution in [-0.4, -0.2) is 108 Å². The van der Waals surface area contributed by atoms with Gasteiger partial charge in [-0.15, -0.1) is 0 Å². The number of rotatable bonds is 35. The molecule has 0 aromatic carbocycles. The molecule has 2 unspecified atom stereocenters. The third-order valence-corrected chi connectivity index (χ3v) is 10.4. The van der Waals surface area contributed by atoms with Gasteiger partial charge in [0.2, 0.25) is 29.5 Å². The number of hydrogen-bond acceptors (Lipinski definition) is 11. The molecule has 0 bridgehead atoms. The summed E-state index contributed by atoms with van der Waals surface area (Å²) in [5.74, 6) is -1.74. The van der Waals surface area contributed by atoms with Crippen molar-refractivity contribution in [2.45, 2.75) is 225 Å². The van der Waals surface area contributed by atoms with E-state index in [0.717, 1.165) is 0 Å². The van der Waals surface area contributed by atoms with Gasteiger partial charge in [-0.05, 0) is 160 Å². The second-order valence-corrected chi connectivity index (χ2v) is 20.8. The molecule has 0 aliphatic heterocycles. The van der Waals surface area contributed by atoms with E-state index in [2.05, 4.69) is 21.3 Å².